The van der Waals surface area contributed by atoms with Crippen molar-refractivity contribution < 1.29 is 9.59 Å². The van der Waals surface area contributed by atoms with Crippen molar-refractivity contribution in [3.8, 4) is 0 Å². The van der Waals surface area contributed by atoms with Crippen LogP contribution in [0.1, 0.15) is 84.0 Å². The van der Waals surface area contributed by atoms with Crippen LogP contribution in [0.5, 0.6) is 0 Å². The Labute approximate surface area is 136 Å². The van der Waals surface area contributed by atoms with E-state index in [9.17, 15) is 9.59 Å². The predicted molar refractivity (Wildman–Crippen MR) is 96.5 cm³/mol. The molecule has 0 aliphatic rings. The maximum atomic E-state index is 11.7. The topological polar surface area (TPSA) is 46.2 Å². The van der Waals surface area contributed by atoms with Crippen molar-refractivity contribution in [2.24, 2.45) is 0 Å². The molecule has 1 N–H and O–H groups in total. The summed E-state index contributed by atoms with van der Waals surface area (Å²) < 4.78 is 0. The first-order chi connectivity index (χ1) is 10.6. The molecule has 0 atom stereocenters. The number of hydrogen-bond acceptors (Lipinski definition) is 2. The van der Waals surface area contributed by atoms with Crippen molar-refractivity contribution in [1.82, 2.24) is 0 Å². The van der Waals surface area contributed by atoms with Crippen LogP contribution >= 0.6 is 0 Å². The predicted octanol–water partition coefficient (Wildman–Crippen LogP) is 5.85. The summed E-state index contributed by atoms with van der Waals surface area (Å²) in [5.41, 5.74) is 1.32. The lowest BCUT2D eigenvalue weighted by Gasteiger charge is -2.06. The minimum Gasteiger partial charge on any atom is -0.326 e. The van der Waals surface area contributed by atoms with E-state index in [1.165, 1.54) is 19.8 Å². The minimum atomic E-state index is 0.00837. The molecule has 0 fully saturated rings. The Balaban J connectivity index is 0. The summed E-state index contributed by atoms with van der Waals surface area (Å²) in [5, 5.41) is 2.82. The Hall–Kier alpha value is -1.64. The van der Waals surface area contributed by atoms with Crippen molar-refractivity contribution in [2.75, 3.05) is 5.32 Å². The monoisotopic (exact) mass is 307 g/mol. The maximum Gasteiger partial charge on any atom is 0.224 e. The van der Waals surface area contributed by atoms with E-state index in [0.29, 0.717) is 17.7 Å². The van der Waals surface area contributed by atoms with Crippen LogP contribution in [-0.2, 0) is 4.79 Å². The molecule has 0 unspecified atom stereocenters. The summed E-state index contributed by atoms with van der Waals surface area (Å²) in [6.07, 6.45) is 4.91. The van der Waals surface area contributed by atoms with Crippen molar-refractivity contribution in [1.29, 1.82) is 0 Å². The van der Waals surface area contributed by atoms with Crippen LogP contribution in [0.2, 0.25) is 0 Å². The highest BCUT2D eigenvalue weighted by atomic mass is 16.1. The second-order valence-corrected chi connectivity index (χ2v) is 4.50. The minimum absolute atomic E-state index is 0.00837. The first-order valence-electron chi connectivity index (χ1n) is 8.54. The number of ketones is 1. The number of carbonyl (C=O) groups is 2. The lowest BCUT2D eigenvalue weighted by Crippen LogP contribution is -2.11. The van der Waals surface area contributed by atoms with Crippen molar-refractivity contribution >= 4 is 17.4 Å². The zero-order valence-corrected chi connectivity index (χ0v) is 15.2. The van der Waals surface area contributed by atoms with Gasteiger partial charge in [0.1, 0.15) is 0 Å². The molecule has 0 saturated carbocycles. The Morgan fingerprint density at radius 2 is 1.64 bits per heavy atom. The number of nitrogens with one attached hydrogen (secondary N) is 1. The van der Waals surface area contributed by atoms with Gasteiger partial charge in [0.15, 0.2) is 5.78 Å². The molecule has 0 spiro atoms. The fourth-order valence-electron chi connectivity index (χ4n) is 1.75. The van der Waals surface area contributed by atoms with E-state index in [1.807, 2.05) is 27.7 Å². The average molecular weight is 307 g/mol. The zero-order chi connectivity index (χ0) is 17.4. The Morgan fingerprint density at radius 1 is 1.00 bits per heavy atom. The molecule has 22 heavy (non-hydrogen) atoms. The lowest BCUT2D eigenvalue weighted by molar-refractivity contribution is -0.116. The average Bonchev–Trinajstić information content (AvgIpc) is 2.55. The summed E-state index contributed by atoms with van der Waals surface area (Å²) in [4.78, 5) is 22.9. The van der Waals surface area contributed by atoms with Crippen LogP contribution in [0, 0.1) is 0 Å². The lowest BCUT2D eigenvalue weighted by atomic mass is 10.1. The molecule has 1 aromatic rings. The number of carbonyl (C=O) groups excluding carboxylic acids is 2. The third kappa shape index (κ3) is 11.1. The normalized spacial score (nSPS) is 8.82. The summed E-state index contributed by atoms with van der Waals surface area (Å²) in [6.45, 7) is 11.7. The highest BCUT2D eigenvalue weighted by Gasteiger charge is 2.04. The van der Waals surface area contributed by atoms with Crippen LogP contribution in [0.25, 0.3) is 0 Å². The number of amides is 1. The van der Waals surface area contributed by atoms with Gasteiger partial charge >= 0.3 is 0 Å². The summed E-state index contributed by atoms with van der Waals surface area (Å²) >= 11 is 0. The SMILES string of the molecule is CC.CC.CCCCCCC(=O)Nc1cccc(C(C)=O)c1. The molecular formula is C19H33NO2. The second kappa shape index (κ2) is 15.7. The number of hydrogen-bond donors (Lipinski definition) is 1. The number of benzene rings is 1. The maximum absolute atomic E-state index is 11.7. The summed E-state index contributed by atoms with van der Waals surface area (Å²) in [7, 11) is 0. The largest absolute Gasteiger partial charge is 0.326 e. The molecule has 1 amide bonds. The zero-order valence-electron chi connectivity index (χ0n) is 15.2. The highest BCUT2D eigenvalue weighted by molar-refractivity contribution is 5.97. The molecule has 0 aliphatic heterocycles. The van der Waals surface area contributed by atoms with E-state index in [2.05, 4.69) is 12.2 Å². The van der Waals surface area contributed by atoms with Crippen LogP contribution in [0.3, 0.4) is 0 Å². The smallest absolute Gasteiger partial charge is 0.224 e. The first-order valence-corrected chi connectivity index (χ1v) is 8.54. The molecule has 0 heterocycles. The van der Waals surface area contributed by atoms with E-state index < -0.39 is 0 Å². The molecule has 1 rings (SSSR count). The first kappa shape index (κ1) is 22.6. The molecule has 126 valence electrons. The van der Waals surface area contributed by atoms with Gasteiger partial charge in [-0.2, -0.15) is 0 Å². The quantitative estimate of drug-likeness (QED) is 0.507. The molecule has 1 aromatic carbocycles. The van der Waals surface area contributed by atoms with Crippen molar-refractivity contribution in [3.63, 3.8) is 0 Å². The standard InChI is InChI=1S/C15H21NO2.2C2H6/c1-3-4-5-6-10-15(18)16-14-9-7-8-13(11-14)12(2)17;2*1-2/h7-9,11H,3-6,10H2,1-2H3,(H,16,18);2*1-2H3. The fourth-order valence-corrected chi connectivity index (χ4v) is 1.75. The van der Waals surface area contributed by atoms with Gasteiger partial charge in [-0.3, -0.25) is 9.59 Å². The summed E-state index contributed by atoms with van der Waals surface area (Å²) in [5.74, 6) is 0.0286. The third-order valence-electron chi connectivity index (χ3n) is 2.81. The van der Waals surface area contributed by atoms with Crippen molar-refractivity contribution in [2.45, 2.75) is 73.6 Å². The van der Waals surface area contributed by atoms with Gasteiger partial charge in [0.25, 0.3) is 0 Å². The molecule has 3 heteroatoms. The van der Waals surface area contributed by atoms with E-state index in [0.717, 1.165) is 12.8 Å². The molecule has 3 nitrogen and oxygen atoms in total. The van der Waals surface area contributed by atoms with E-state index in [-0.39, 0.29) is 11.7 Å². The van der Waals surface area contributed by atoms with Crippen LogP contribution in [0.4, 0.5) is 5.69 Å². The van der Waals surface area contributed by atoms with Gasteiger partial charge in [-0.25, -0.2) is 0 Å². The number of unbranched alkanes of at least 4 members (excludes halogenated alkanes) is 3. The molecule has 0 aromatic heterocycles. The molecule has 0 aliphatic carbocycles. The van der Waals surface area contributed by atoms with Gasteiger partial charge in [0.2, 0.25) is 5.91 Å². The third-order valence-corrected chi connectivity index (χ3v) is 2.81. The Bertz CT molecular complexity index is 414. The van der Waals surface area contributed by atoms with Gasteiger partial charge in [0, 0.05) is 17.7 Å². The van der Waals surface area contributed by atoms with Crippen LogP contribution in [0.15, 0.2) is 24.3 Å². The number of anilines is 1. The van der Waals surface area contributed by atoms with Gasteiger partial charge in [0.05, 0.1) is 0 Å². The Morgan fingerprint density at radius 3 is 2.18 bits per heavy atom. The van der Waals surface area contributed by atoms with Crippen LogP contribution < -0.4 is 5.32 Å². The fraction of sp³-hybridized carbons (Fsp3) is 0.579. The van der Waals surface area contributed by atoms with E-state index in [1.54, 1.807) is 24.3 Å². The van der Waals surface area contributed by atoms with E-state index >= 15 is 0 Å². The molecular weight excluding hydrogens is 274 g/mol. The van der Waals surface area contributed by atoms with E-state index in [4.69, 9.17) is 0 Å². The number of Topliss-reactive ketones (excluding diaryl/α,β-unsaturated/α-hetero) is 1. The van der Waals surface area contributed by atoms with Crippen LogP contribution in [-0.4, -0.2) is 11.7 Å². The van der Waals surface area contributed by atoms with Gasteiger partial charge < -0.3 is 5.32 Å². The van der Waals surface area contributed by atoms with Gasteiger partial charge in [-0.1, -0.05) is 66.0 Å². The molecule has 0 radical (unpaired) electrons. The molecule has 0 bridgehead atoms. The highest BCUT2D eigenvalue weighted by Crippen LogP contribution is 2.12. The molecule has 0 saturated heterocycles. The number of rotatable bonds is 7. The van der Waals surface area contributed by atoms with Crippen molar-refractivity contribution in [3.05, 3.63) is 29.8 Å². The summed E-state index contributed by atoms with van der Waals surface area (Å²) in [6, 6.07) is 7.05. The van der Waals surface area contributed by atoms with Gasteiger partial charge in [-0.05, 0) is 25.5 Å². The second-order valence-electron chi connectivity index (χ2n) is 4.50. The Kier molecular flexibility index (Phi) is 16.2. The van der Waals surface area contributed by atoms with Gasteiger partial charge in [-0.15, -0.1) is 0 Å².